The molecule has 0 aliphatic carbocycles. The first-order chi connectivity index (χ1) is 11.1. The maximum Gasteiger partial charge on any atom is 0.406 e. The van der Waals surface area contributed by atoms with Crippen molar-refractivity contribution in [2.75, 3.05) is 39.9 Å². The van der Waals surface area contributed by atoms with Gasteiger partial charge in [-0.25, -0.2) is 0 Å². The maximum absolute atomic E-state index is 12.5. The van der Waals surface area contributed by atoms with Gasteiger partial charge in [0.1, 0.15) is 12.0 Å². The molecule has 7 nitrogen and oxygen atoms in total. The van der Waals surface area contributed by atoms with E-state index < -0.39 is 41.8 Å². The topological polar surface area (TPSA) is 87.1 Å². The quantitative estimate of drug-likeness (QED) is 0.771. The summed E-state index contributed by atoms with van der Waals surface area (Å²) in [5.41, 5.74) is -1.21. The molecule has 24 heavy (non-hydrogen) atoms. The van der Waals surface area contributed by atoms with Crippen molar-refractivity contribution >= 4 is 17.8 Å². The molecule has 2 heterocycles. The summed E-state index contributed by atoms with van der Waals surface area (Å²) < 4.78 is 42.2. The van der Waals surface area contributed by atoms with Crippen LogP contribution in [0.1, 0.15) is 12.8 Å². The van der Waals surface area contributed by atoms with Crippen LogP contribution in [0.2, 0.25) is 0 Å². The number of likely N-dealkylation sites (tertiary alicyclic amines) is 2. The summed E-state index contributed by atoms with van der Waals surface area (Å²) in [6, 6.07) is 0. The number of carboxylic acid groups (broad SMARTS) is 1. The Morgan fingerprint density at radius 3 is 2.62 bits per heavy atom. The van der Waals surface area contributed by atoms with Gasteiger partial charge in [-0.05, 0) is 6.42 Å². The molecule has 0 saturated carbocycles. The number of amides is 2. The van der Waals surface area contributed by atoms with Crippen molar-refractivity contribution in [1.29, 1.82) is 0 Å². The first kappa shape index (κ1) is 18.5. The predicted octanol–water partition coefficient (Wildman–Crippen LogP) is 0.347. The number of hydrogen-bond acceptors (Lipinski definition) is 4. The van der Waals surface area contributed by atoms with E-state index >= 15 is 0 Å². The fourth-order valence-electron chi connectivity index (χ4n) is 3.26. The Bertz CT molecular complexity index is 539. The number of halogens is 3. The number of rotatable bonds is 5. The molecule has 136 valence electrons. The summed E-state index contributed by atoms with van der Waals surface area (Å²) in [4.78, 5) is 37.5. The van der Waals surface area contributed by atoms with Crippen LogP contribution in [0.15, 0.2) is 0 Å². The van der Waals surface area contributed by atoms with Crippen molar-refractivity contribution in [1.82, 2.24) is 9.80 Å². The van der Waals surface area contributed by atoms with E-state index in [1.165, 1.54) is 12.0 Å². The average molecular weight is 352 g/mol. The zero-order valence-corrected chi connectivity index (χ0v) is 13.1. The minimum atomic E-state index is -4.52. The largest absolute Gasteiger partial charge is 0.481 e. The lowest BCUT2D eigenvalue weighted by Crippen LogP contribution is -2.42. The molecule has 2 fully saturated rings. The van der Waals surface area contributed by atoms with E-state index in [0.29, 0.717) is 4.90 Å². The van der Waals surface area contributed by atoms with Gasteiger partial charge in [0.05, 0.1) is 12.5 Å². The number of hydrogen-bond donors (Lipinski definition) is 1. The van der Waals surface area contributed by atoms with Crippen LogP contribution < -0.4 is 0 Å². The summed E-state index contributed by atoms with van der Waals surface area (Å²) in [7, 11) is 1.36. The molecule has 2 amide bonds. The van der Waals surface area contributed by atoms with Crippen molar-refractivity contribution < 1.29 is 37.4 Å². The van der Waals surface area contributed by atoms with Crippen LogP contribution in [0.25, 0.3) is 0 Å². The average Bonchev–Trinajstić information content (AvgIpc) is 3.03. The molecular formula is C14H19F3N2O5. The zero-order chi connectivity index (χ0) is 18.1. The Hall–Kier alpha value is -1.84. The normalized spacial score (nSPS) is 27.8. The second kappa shape index (κ2) is 6.58. The molecule has 0 aromatic carbocycles. The van der Waals surface area contributed by atoms with Gasteiger partial charge >= 0.3 is 12.1 Å². The van der Waals surface area contributed by atoms with Crippen LogP contribution in [0.3, 0.4) is 0 Å². The van der Waals surface area contributed by atoms with Gasteiger partial charge in [0.25, 0.3) is 0 Å². The highest BCUT2D eigenvalue weighted by Crippen LogP contribution is 2.33. The van der Waals surface area contributed by atoms with Gasteiger partial charge in [-0.15, -0.1) is 0 Å². The van der Waals surface area contributed by atoms with E-state index in [2.05, 4.69) is 0 Å². The summed E-state index contributed by atoms with van der Waals surface area (Å²) in [6.45, 7) is -1.62. The number of carbonyl (C=O) groups is 3. The Morgan fingerprint density at radius 2 is 2.08 bits per heavy atom. The smallest absolute Gasteiger partial charge is 0.406 e. The van der Waals surface area contributed by atoms with Crippen molar-refractivity contribution in [2.24, 2.45) is 11.3 Å². The number of carboxylic acids is 1. The maximum atomic E-state index is 12.5. The first-order valence-corrected chi connectivity index (χ1v) is 7.43. The van der Waals surface area contributed by atoms with E-state index in [1.54, 1.807) is 0 Å². The number of ether oxygens (including phenoxy) is 1. The highest BCUT2D eigenvalue weighted by atomic mass is 19.4. The van der Waals surface area contributed by atoms with Crippen molar-refractivity contribution in [2.45, 2.75) is 19.0 Å². The first-order valence-electron chi connectivity index (χ1n) is 7.43. The number of methoxy groups -OCH3 is 1. The molecule has 0 aromatic rings. The zero-order valence-electron chi connectivity index (χ0n) is 13.1. The van der Waals surface area contributed by atoms with E-state index in [4.69, 9.17) is 4.74 Å². The summed E-state index contributed by atoms with van der Waals surface area (Å²) in [6.07, 6.45) is -4.59. The fraction of sp³-hybridized carbons (Fsp3) is 0.786. The molecule has 2 aliphatic rings. The van der Waals surface area contributed by atoms with Crippen molar-refractivity contribution in [3.63, 3.8) is 0 Å². The van der Waals surface area contributed by atoms with Crippen LogP contribution in [0, 0.1) is 11.3 Å². The van der Waals surface area contributed by atoms with Crippen LogP contribution in [-0.4, -0.2) is 78.8 Å². The van der Waals surface area contributed by atoms with E-state index in [-0.39, 0.29) is 39.1 Å². The molecular weight excluding hydrogens is 333 g/mol. The molecule has 2 rings (SSSR count). The minimum absolute atomic E-state index is 0.0596. The molecule has 2 unspecified atom stereocenters. The van der Waals surface area contributed by atoms with Crippen LogP contribution in [0.5, 0.6) is 0 Å². The second-order valence-corrected chi connectivity index (χ2v) is 6.32. The van der Waals surface area contributed by atoms with Crippen molar-refractivity contribution in [3.8, 4) is 0 Å². The SMILES string of the molecule is COCC1(C(=O)O)CCN(C(=O)C2CC(=O)N(CC(F)(F)F)C2)C1. The van der Waals surface area contributed by atoms with E-state index in [1.807, 2.05) is 0 Å². The molecule has 2 atom stereocenters. The third-order valence-electron chi connectivity index (χ3n) is 4.47. The number of aliphatic carboxylic acids is 1. The summed E-state index contributed by atoms with van der Waals surface area (Å²) >= 11 is 0. The Balaban J connectivity index is 2.01. The van der Waals surface area contributed by atoms with Gasteiger partial charge in [0.15, 0.2) is 0 Å². The summed E-state index contributed by atoms with van der Waals surface area (Å²) in [5.74, 6) is -3.15. The van der Waals surface area contributed by atoms with Crippen LogP contribution in [0.4, 0.5) is 13.2 Å². The molecule has 2 saturated heterocycles. The second-order valence-electron chi connectivity index (χ2n) is 6.32. The highest BCUT2D eigenvalue weighted by molar-refractivity contribution is 5.90. The summed E-state index contributed by atoms with van der Waals surface area (Å²) in [5, 5.41) is 9.37. The monoisotopic (exact) mass is 352 g/mol. The Morgan fingerprint density at radius 1 is 1.42 bits per heavy atom. The van der Waals surface area contributed by atoms with Crippen LogP contribution >= 0.6 is 0 Å². The van der Waals surface area contributed by atoms with E-state index in [0.717, 1.165) is 0 Å². The van der Waals surface area contributed by atoms with Gasteiger partial charge in [-0.1, -0.05) is 0 Å². The minimum Gasteiger partial charge on any atom is -0.481 e. The van der Waals surface area contributed by atoms with Crippen molar-refractivity contribution in [3.05, 3.63) is 0 Å². The third kappa shape index (κ3) is 3.80. The molecule has 0 bridgehead atoms. The highest BCUT2D eigenvalue weighted by Gasteiger charge is 2.49. The lowest BCUT2D eigenvalue weighted by molar-refractivity contribution is -0.157. The third-order valence-corrected chi connectivity index (χ3v) is 4.47. The molecule has 1 N–H and O–H groups in total. The number of carbonyl (C=O) groups excluding carboxylic acids is 2. The van der Waals surface area contributed by atoms with E-state index in [9.17, 15) is 32.7 Å². The molecule has 0 spiro atoms. The van der Waals surface area contributed by atoms with Crippen LogP contribution in [-0.2, 0) is 19.1 Å². The molecule has 0 radical (unpaired) electrons. The van der Waals surface area contributed by atoms with Gasteiger partial charge in [-0.3, -0.25) is 14.4 Å². The predicted molar refractivity (Wildman–Crippen MR) is 73.9 cm³/mol. The van der Waals surface area contributed by atoms with Gasteiger partial charge in [0.2, 0.25) is 11.8 Å². The Kier molecular flexibility index (Phi) is 5.07. The van der Waals surface area contributed by atoms with Gasteiger partial charge < -0.3 is 19.6 Å². The number of nitrogens with zero attached hydrogens (tertiary/aromatic N) is 2. The van der Waals surface area contributed by atoms with Gasteiger partial charge in [-0.2, -0.15) is 13.2 Å². The lowest BCUT2D eigenvalue weighted by atomic mass is 9.88. The van der Waals surface area contributed by atoms with Gasteiger partial charge in [0, 0.05) is 33.2 Å². The Labute approximate surface area is 136 Å². The molecule has 10 heteroatoms. The molecule has 2 aliphatic heterocycles. The molecule has 0 aromatic heterocycles. The number of alkyl halides is 3. The lowest BCUT2D eigenvalue weighted by Gasteiger charge is -2.25. The standard InChI is InChI=1S/C14H19F3N2O5/c1-24-8-13(12(22)23)2-3-18(6-13)11(21)9-4-10(20)19(5-9)7-14(15,16)17/h9H,2-8H2,1H3,(H,22,23). The fourth-order valence-corrected chi connectivity index (χ4v) is 3.26.